The molecule has 0 amide bonds. The smallest absolute Gasteiger partial charge is 0.328 e. The number of H-pyrrole nitrogens is 1. The minimum atomic E-state index is -0.422. The monoisotopic (exact) mass is 392 g/mol. The number of alkyl halides is 1. The molecule has 0 atom stereocenters. The molecule has 146 valence electrons. The lowest BCUT2D eigenvalue weighted by Crippen LogP contribution is -2.38. The fraction of sp³-hybridized carbons (Fsp3) is 0.400. The second kappa shape index (κ2) is 10.0. The van der Waals surface area contributed by atoms with Gasteiger partial charge in [-0.15, -0.1) is 11.6 Å². The summed E-state index contributed by atoms with van der Waals surface area (Å²) in [6.07, 6.45) is 5.39. The summed E-state index contributed by atoms with van der Waals surface area (Å²) in [6, 6.07) is 5.54. The van der Waals surface area contributed by atoms with Crippen molar-refractivity contribution in [2.24, 2.45) is 0 Å². The first-order chi connectivity index (χ1) is 13.0. The number of methoxy groups -OCH3 is 2. The van der Waals surface area contributed by atoms with Gasteiger partial charge in [0.05, 0.1) is 19.8 Å². The molecule has 0 saturated heterocycles. The van der Waals surface area contributed by atoms with Crippen LogP contribution in [0.2, 0.25) is 0 Å². The molecule has 27 heavy (non-hydrogen) atoms. The molecular formula is C20H25ClN2O4. The summed E-state index contributed by atoms with van der Waals surface area (Å²) >= 11 is 5.80. The van der Waals surface area contributed by atoms with Crippen molar-refractivity contribution in [1.29, 1.82) is 0 Å². The molecular weight excluding hydrogens is 368 g/mol. The molecule has 1 aromatic carbocycles. The number of hydrogen-bond donors (Lipinski definition) is 1. The minimum Gasteiger partial charge on any atom is -0.493 e. The van der Waals surface area contributed by atoms with E-state index in [-0.39, 0.29) is 12.1 Å². The van der Waals surface area contributed by atoms with Crippen LogP contribution in [0.4, 0.5) is 0 Å². The number of nitrogens with one attached hydrogen (secondary N) is 1. The van der Waals surface area contributed by atoms with Crippen molar-refractivity contribution in [1.82, 2.24) is 9.55 Å². The van der Waals surface area contributed by atoms with E-state index >= 15 is 0 Å². The molecule has 0 fully saturated rings. The van der Waals surface area contributed by atoms with Gasteiger partial charge in [0.15, 0.2) is 11.5 Å². The van der Waals surface area contributed by atoms with Crippen LogP contribution in [0.3, 0.4) is 0 Å². The summed E-state index contributed by atoms with van der Waals surface area (Å²) in [5.74, 6) is 1.58. The summed E-state index contributed by atoms with van der Waals surface area (Å²) in [6.45, 7) is 2.25. The normalized spacial score (nSPS) is 11.1. The van der Waals surface area contributed by atoms with Gasteiger partial charge < -0.3 is 14.5 Å². The lowest BCUT2D eigenvalue weighted by Gasteiger charge is -2.11. The Morgan fingerprint density at radius 3 is 2.52 bits per heavy atom. The molecule has 6 nitrogen and oxygen atoms in total. The molecule has 0 radical (unpaired) electrons. The van der Waals surface area contributed by atoms with Crippen molar-refractivity contribution in [2.45, 2.75) is 32.7 Å². The van der Waals surface area contributed by atoms with Gasteiger partial charge in [-0.3, -0.25) is 9.36 Å². The number of benzene rings is 1. The van der Waals surface area contributed by atoms with Gasteiger partial charge in [0.1, 0.15) is 0 Å². The Balaban J connectivity index is 2.35. The van der Waals surface area contributed by atoms with Crippen molar-refractivity contribution in [3.63, 3.8) is 0 Å². The third kappa shape index (κ3) is 5.04. The number of halogens is 1. The first kappa shape index (κ1) is 20.8. The maximum Gasteiger partial charge on any atom is 0.328 e. The van der Waals surface area contributed by atoms with E-state index in [2.05, 4.69) is 4.98 Å². The summed E-state index contributed by atoms with van der Waals surface area (Å²) in [5, 5.41) is 0. The molecule has 1 N–H and O–H groups in total. The van der Waals surface area contributed by atoms with Gasteiger partial charge in [-0.05, 0) is 30.5 Å². The van der Waals surface area contributed by atoms with Crippen LogP contribution in [0.1, 0.15) is 30.2 Å². The lowest BCUT2D eigenvalue weighted by molar-refractivity contribution is 0.354. The van der Waals surface area contributed by atoms with E-state index < -0.39 is 5.69 Å². The number of ether oxygens (including phenoxy) is 2. The van der Waals surface area contributed by atoms with E-state index in [0.29, 0.717) is 41.5 Å². The van der Waals surface area contributed by atoms with Crippen LogP contribution in [0.25, 0.3) is 6.08 Å². The van der Waals surface area contributed by atoms with Crippen molar-refractivity contribution < 1.29 is 9.47 Å². The van der Waals surface area contributed by atoms with Crippen molar-refractivity contribution in [2.75, 3.05) is 20.1 Å². The quantitative estimate of drug-likeness (QED) is 0.666. The standard InChI is InChI=1S/C20H25ClN2O4/c1-4-5-6-15-16(9-11-21)22-20(25)23(19(15)24)12-10-14-7-8-17(26-2)18(13-14)27-3/h5-8,13H,4,9-12H2,1-3H3,(H,22,25). The topological polar surface area (TPSA) is 73.3 Å². The zero-order chi connectivity index (χ0) is 19.8. The molecule has 0 spiro atoms. The molecule has 7 heteroatoms. The van der Waals surface area contributed by atoms with Crippen LogP contribution in [-0.4, -0.2) is 29.7 Å². The average molecular weight is 393 g/mol. The molecule has 2 rings (SSSR count). The number of hydrogen-bond acceptors (Lipinski definition) is 4. The number of aromatic nitrogens is 2. The maximum atomic E-state index is 12.8. The van der Waals surface area contributed by atoms with E-state index in [9.17, 15) is 9.59 Å². The van der Waals surface area contributed by atoms with Crippen LogP contribution in [0.15, 0.2) is 33.9 Å². The van der Waals surface area contributed by atoms with Crippen LogP contribution < -0.4 is 20.7 Å². The van der Waals surface area contributed by atoms with E-state index in [4.69, 9.17) is 21.1 Å². The van der Waals surface area contributed by atoms with Gasteiger partial charge in [-0.2, -0.15) is 0 Å². The third-order valence-electron chi connectivity index (χ3n) is 4.24. The summed E-state index contributed by atoms with van der Waals surface area (Å²) in [4.78, 5) is 28.0. The van der Waals surface area contributed by atoms with E-state index in [1.165, 1.54) is 4.57 Å². The first-order valence-corrected chi connectivity index (χ1v) is 9.38. The van der Waals surface area contributed by atoms with Crippen molar-refractivity contribution >= 4 is 17.7 Å². The molecule has 0 aliphatic rings. The highest BCUT2D eigenvalue weighted by atomic mass is 35.5. The maximum absolute atomic E-state index is 12.8. The number of aryl methyl sites for hydroxylation is 2. The van der Waals surface area contributed by atoms with Crippen LogP contribution in [0.5, 0.6) is 11.5 Å². The van der Waals surface area contributed by atoms with Gasteiger partial charge in [0.2, 0.25) is 0 Å². The van der Waals surface area contributed by atoms with Crippen molar-refractivity contribution in [3.05, 3.63) is 61.9 Å². The Morgan fingerprint density at radius 2 is 1.89 bits per heavy atom. The molecule has 2 aromatic rings. The fourth-order valence-electron chi connectivity index (χ4n) is 2.81. The van der Waals surface area contributed by atoms with Gasteiger partial charge in [0, 0.05) is 24.5 Å². The van der Waals surface area contributed by atoms with Gasteiger partial charge >= 0.3 is 5.69 Å². The Bertz CT molecular complexity index is 915. The molecule has 1 heterocycles. The number of allylic oxidation sites excluding steroid dienone is 1. The van der Waals surface area contributed by atoms with E-state index in [1.807, 2.05) is 25.1 Å². The number of aromatic amines is 1. The highest BCUT2D eigenvalue weighted by molar-refractivity contribution is 6.18. The molecule has 1 aromatic heterocycles. The van der Waals surface area contributed by atoms with Crippen LogP contribution in [0, 0.1) is 0 Å². The van der Waals surface area contributed by atoms with Gasteiger partial charge in [0.25, 0.3) is 5.56 Å². The largest absolute Gasteiger partial charge is 0.493 e. The average Bonchev–Trinajstić information content (AvgIpc) is 2.67. The second-order valence-electron chi connectivity index (χ2n) is 5.97. The fourth-order valence-corrected chi connectivity index (χ4v) is 3.00. The Hall–Kier alpha value is -2.47. The third-order valence-corrected chi connectivity index (χ3v) is 4.43. The molecule has 0 bridgehead atoms. The molecule has 0 unspecified atom stereocenters. The SMILES string of the molecule is CCC=Cc1c(CCCl)[nH]c(=O)n(CCc2ccc(OC)c(OC)c2)c1=O. The van der Waals surface area contributed by atoms with Gasteiger partial charge in [-0.1, -0.05) is 25.1 Å². The summed E-state index contributed by atoms with van der Waals surface area (Å²) in [5.41, 5.74) is 1.28. The minimum absolute atomic E-state index is 0.262. The second-order valence-corrected chi connectivity index (χ2v) is 6.35. The van der Waals surface area contributed by atoms with Crippen LogP contribution in [-0.2, 0) is 19.4 Å². The van der Waals surface area contributed by atoms with E-state index in [0.717, 1.165) is 12.0 Å². The zero-order valence-electron chi connectivity index (χ0n) is 15.9. The molecule has 0 aliphatic carbocycles. The predicted molar refractivity (Wildman–Crippen MR) is 108 cm³/mol. The van der Waals surface area contributed by atoms with Crippen molar-refractivity contribution in [3.8, 4) is 11.5 Å². The predicted octanol–water partition coefficient (Wildman–Crippen LogP) is 3.00. The zero-order valence-corrected chi connectivity index (χ0v) is 16.6. The first-order valence-electron chi connectivity index (χ1n) is 8.85. The Labute approximate surface area is 163 Å². The Morgan fingerprint density at radius 1 is 1.15 bits per heavy atom. The highest BCUT2D eigenvalue weighted by Crippen LogP contribution is 2.27. The molecule has 0 saturated carbocycles. The summed E-state index contributed by atoms with van der Waals surface area (Å²) < 4.78 is 11.8. The lowest BCUT2D eigenvalue weighted by atomic mass is 10.1. The van der Waals surface area contributed by atoms with Gasteiger partial charge in [-0.25, -0.2) is 4.79 Å². The molecule has 0 aliphatic heterocycles. The highest BCUT2D eigenvalue weighted by Gasteiger charge is 2.12. The van der Waals surface area contributed by atoms with E-state index in [1.54, 1.807) is 26.4 Å². The number of nitrogens with zero attached hydrogens (tertiary/aromatic N) is 1. The Kier molecular flexibility index (Phi) is 7.73. The van der Waals surface area contributed by atoms with Crippen LogP contribution >= 0.6 is 11.6 Å². The summed E-state index contributed by atoms with van der Waals surface area (Å²) in [7, 11) is 3.14. The number of rotatable bonds is 9.